The summed E-state index contributed by atoms with van der Waals surface area (Å²) in [6, 6.07) is 3.11. The van der Waals surface area contributed by atoms with Crippen LogP contribution in [0.1, 0.15) is 62.0 Å². The van der Waals surface area contributed by atoms with Crippen LogP contribution < -0.4 is 5.56 Å². The van der Waals surface area contributed by atoms with Crippen molar-refractivity contribution in [1.82, 2.24) is 9.88 Å². The summed E-state index contributed by atoms with van der Waals surface area (Å²) in [7, 11) is 0. The molecule has 24 heavy (non-hydrogen) atoms. The monoisotopic (exact) mass is 332 g/mol. The second-order valence-corrected chi connectivity index (χ2v) is 7.05. The van der Waals surface area contributed by atoms with Gasteiger partial charge in [0.25, 0.3) is 5.91 Å². The Hall–Kier alpha value is -1.62. The Bertz CT molecular complexity index is 636. The van der Waals surface area contributed by atoms with Crippen molar-refractivity contribution in [2.75, 3.05) is 13.1 Å². The predicted octanol–water partition coefficient (Wildman–Crippen LogP) is 2.75. The van der Waals surface area contributed by atoms with Gasteiger partial charge in [-0.05, 0) is 37.7 Å². The number of hydrogen-bond donors (Lipinski definition) is 1. The van der Waals surface area contributed by atoms with Crippen LogP contribution in [0.5, 0.6) is 0 Å². The number of ether oxygens (including phenoxy) is 1. The number of unbranched alkanes of at least 4 members (excludes halogenated alkanes) is 1. The van der Waals surface area contributed by atoms with Crippen LogP contribution in [0, 0.1) is 5.92 Å². The molecule has 0 aromatic carbocycles. The maximum Gasteiger partial charge on any atom is 0.255 e. The first kappa shape index (κ1) is 17.2. The number of aryl methyl sites for hydroxylation is 1. The van der Waals surface area contributed by atoms with E-state index in [4.69, 9.17) is 4.74 Å². The van der Waals surface area contributed by atoms with E-state index in [1.54, 1.807) is 6.07 Å². The predicted molar refractivity (Wildman–Crippen MR) is 93.3 cm³/mol. The Balaban J connectivity index is 1.78. The molecule has 0 radical (unpaired) electrons. The fourth-order valence-corrected chi connectivity index (χ4v) is 3.52. The standard InChI is InChI=1S/C19H28N2O3/c1-3-5-6-14-11-21(12-17(24-14)13-7-8-13)19(23)15-9-10-18(22)20-16(15)4-2/h9-10,13-14,17H,3-8,11-12H2,1-2H3,(H,20,22)/t14-,17-/m1/s1. The molecule has 1 saturated carbocycles. The van der Waals surface area contributed by atoms with Crippen LogP contribution in [0.3, 0.4) is 0 Å². The minimum atomic E-state index is -0.151. The van der Waals surface area contributed by atoms with E-state index in [0.29, 0.717) is 31.0 Å². The third-order valence-corrected chi connectivity index (χ3v) is 5.09. The maximum atomic E-state index is 13.0. The van der Waals surface area contributed by atoms with Gasteiger partial charge in [0.2, 0.25) is 5.56 Å². The van der Waals surface area contributed by atoms with Crippen LogP contribution in [0.2, 0.25) is 0 Å². The fraction of sp³-hybridized carbons (Fsp3) is 0.684. The third kappa shape index (κ3) is 3.89. The van der Waals surface area contributed by atoms with Gasteiger partial charge in [-0.25, -0.2) is 0 Å². The van der Waals surface area contributed by atoms with Crippen LogP contribution >= 0.6 is 0 Å². The molecule has 132 valence electrons. The smallest absolute Gasteiger partial charge is 0.255 e. The molecule has 0 bridgehead atoms. The Morgan fingerprint density at radius 3 is 2.75 bits per heavy atom. The summed E-state index contributed by atoms with van der Waals surface area (Å²) in [5, 5.41) is 0. The van der Waals surface area contributed by atoms with Gasteiger partial charge in [0, 0.05) is 24.8 Å². The van der Waals surface area contributed by atoms with Gasteiger partial charge >= 0.3 is 0 Å². The second kappa shape index (κ2) is 7.51. The Morgan fingerprint density at radius 1 is 1.29 bits per heavy atom. The van der Waals surface area contributed by atoms with E-state index in [1.165, 1.54) is 18.9 Å². The van der Waals surface area contributed by atoms with Crippen LogP contribution in [0.15, 0.2) is 16.9 Å². The number of aromatic nitrogens is 1. The zero-order chi connectivity index (χ0) is 17.1. The number of rotatable bonds is 6. The van der Waals surface area contributed by atoms with E-state index in [1.807, 2.05) is 11.8 Å². The maximum absolute atomic E-state index is 13.0. The van der Waals surface area contributed by atoms with Gasteiger partial charge in [-0.3, -0.25) is 9.59 Å². The molecule has 1 aliphatic heterocycles. The van der Waals surface area contributed by atoms with E-state index in [9.17, 15) is 9.59 Å². The van der Waals surface area contributed by atoms with Gasteiger partial charge < -0.3 is 14.6 Å². The molecule has 2 heterocycles. The lowest BCUT2D eigenvalue weighted by molar-refractivity contribution is -0.0874. The molecule has 0 unspecified atom stereocenters. The lowest BCUT2D eigenvalue weighted by Crippen LogP contribution is -2.51. The van der Waals surface area contributed by atoms with Gasteiger partial charge in [0.05, 0.1) is 17.8 Å². The Morgan fingerprint density at radius 2 is 2.08 bits per heavy atom. The number of aromatic amines is 1. The quantitative estimate of drug-likeness (QED) is 0.871. The number of carbonyl (C=O) groups is 1. The zero-order valence-corrected chi connectivity index (χ0v) is 14.7. The lowest BCUT2D eigenvalue weighted by atomic mass is 10.0. The summed E-state index contributed by atoms with van der Waals surface area (Å²) >= 11 is 0. The molecule has 0 spiro atoms. The average molecular weight is 332 g/mol. The highest BCUT2D eigenvalue weighted by Crippen LogP contribution is 2.37. The van der Waals surface area contributed by atoms with Crippen molar-refractivity contribution in [2.45, 2.75) is 64.6 Å². The van der Waals surface area contributed by atoms with Crippen molar-refractivity contribution < 1.29 is 9.53 Å². The van der Waals surface area contributed by atoms with Crippen molar-refractivity contribution in [3.63, 3.8) is 0 Å². The van der Waals surface area contributed by atoms with E-state index < -0.39 is 0 Å². The largest absolute Gasteiger partial charge is 0.371 e. The van der Waals surface area contributed by atoms with Crippen LogP contribution in [-0.4, -0.2) is 41.1 Å². The van der Waals surface area contributed by atoms with Gasteiger partial charge in [0.15, 0.2) is 0 Å². The van der Waals surface area contributed by atoms with Gasteiger partial charge in [-0.2, -0.15) is 0 Å². The first-order valence-electron chi connectivity index (χ1n) is 9.29. The SMILES string of the molecule is CCCC[C@@H]1CN(C(=O)c2ccc(=O)[nH]c2CC)C[C@H](C2CC2)O1. The number of hydrogen-bond acceptors (Lipinski definition) is 3. The molecule has 2 aliphatic rings. The summed E-state index contributed by atoms with van der Waals surface area (Å²) in [5.41, 5.74) is 1.21. The number of amides is 1. The van der Waals surface area contributed by atoms with Gasteiger partial charge in [0.1, 0.15) is 0 Å². The molecule has 3 rings (SSSR count). The van der Waals surface area contributed by atoms with Crippen molar-refractivity contribution in [1.29, 1.82) is 0 Å². The molecule has 5 nitrogen and oxygen atoms in total. The average Bonchev–Trinajstić information content (AvgIpc) is 3.44. The van der Waals surface area contributed by atoms with Crippen molar-refractivity contribution in [3.8, 4) is 0 Å². The van der Waals surface area contributed by atoms with E-state index >= 15 is 0 Å². The normalized spacial score (nSPS) is 24.2. The highest BCUT2D eigenvalue weighted by molar-refractivity contribution is 5.95. The Kier molecular flexibility index (Phi) is 5.39. The number of nitrogens with zero attached hydrogens (tertiary/aromatic N) is 1. The molecular formula is C19H28N2O3. The molecular weight excluding hydrogens is 304 g/mol. The number of carbonyl (C=O) groups excluding carboxylic acids is 1. The first-order chi connectivity index (χ1) is 11.6. The first-order valence-corrected chi connectivity index (χ1v) is 9.29. The molecule has 1 aromatic heterocycles. The minimum Gasteiger partial charge on any atom is -0.371 e. The zero-order valence-electron chi connectivity index (χ0n) is 14.7. The molecule has 1 aliphatic carbocycles. The topological polar surface area (TPSA) is 62.4 Å². The molecule has 1 amide bonds. The van der Waals surface area contributed by atoms with E-state index in [2.05, 4.69) is 11.9 Å². The lowest BCUT2D eigenvalue weighted by Gasteiger charge is -2.38. The Labute approximate surface area is 143 Å². The van der Waals surface area contributed by atoms with Gasteiger partial charge in [-0.15, -0.1) is 0 Å². The second-order valence-electron chi connectivity index (χ2n) is 7.05. The minimum absolute atomic E-state index is 0.0264. The fourth-order valence-electron chi connectivity index (χ4n) is 3.52. The van der Waals surface area contributed by atoms with Gasteiger partial charge in [-0.1, -0.05) is 26.7 Å². The number of pyridine rings is 1. The summed E-state index contributed by atoms with van der Waals surface area (Å²) < 4.78 is 6.25. The molecule has 2 fully saturated rings. The van der Waals surface area contributed by atoms with Crippen molar-refractivity contribution in [2.24, 2.45) is 5.92 Å². The van der Waals surface area contributed by atoms with E-state index in [0.717, 1.165) is 25.0 Å². The molecule has 2 atom stereocenters. The molecule has 5 heteroatoms. The summed E-state index contributed by atoms with van der Waals surface area (Å²) in [6.45, 7) is 5.47. The number of morpholine rings is 1. The van der Waals surface area contributed by atoms with Crippen molar-refractivity contribution in [3.05, 3.63) is 33.7 Å². The third-order valence-electron chi connectivity index (χ3n) is 5.09. The number of H-pyrrole nitrogens is 1. The highest BCUT2D eigenvalue weighted by atomic mass is 16.5. The van der Waals surface area contributed by atoms with Crippen molar-refractivity contribution >= 4 is 5.91 Å². The van der Waals surface area contributed by atoms with E-state index in [-0.39, 0.29) is 23.7 Å². The summed E-state index contributed by atoms with van der Waals surface area (Å²) in [4.78, 5) is 29.3. The summed E-state index contributed by atoms with van der Waals surface area (Å²) in [6.07, 6.45) is 6.67. The number of nitrogens with one attached hydrogen (secondary N) is 1. The molecule has 1 saturated heterocycles. The van der Waals surface area contributed by atoms with Crippen LogP contribution in [0.25, 0.3) is 0 Å². The summed E-state index contributed by atoms with van der Waals surface area (Å²) in [5.74, 6) is 0.643. The van der Waals surface area contributed by atoms with Crippen LogP contribution in [0.4, 0.5) is 0 Å². The molecule has 1 aromatic rings. The highest BCUT2D eigenvalue weighted by Gasteiger charge is 2.39. The molecule has 1 N–H and O–H groups in total. The van der Waals surface area contributed by atoms with Crippen LogP contribution in [-0.2, 0) is 11.2 Å².